The molecule has 26 valence electrons. The van der Waals surface area contributed by atoms with E-state index in [1.165, 1.54) is 0 Å². The van der Waals surface area contributed by atoms with E-state index in [0.717, 1.165) is 0 Å². The summed E-state index contributed by atoms with van der Waals surface area (Å²) in [4.78, 5) is 2.00. The van der Waals surface area contributed by atoms with Gasteiger partial charge in [0.15, 0.2) is 0 Å². The molecule has 0 aromatic carbocycles. The molecule has 0 atom stereocenters. The molecule has 0 bridgehead atoms. The van der Waals surface area contributed by atoms with Crippen LogP contribution in [0, 0.1) is 0 Å². The minimum absolute atomic E-state index is 2.00. The van der Waals surface area contributed by atoms with Crippen molar-refractivity contribution < 1.29 is 0 Å². The van der Waals surface area contributed by atoms with Crippen LogP contribution in [0.15, 0.2) is 0 Å². The third kappa shape index (κ3) is 1130. The molecule has 0 spiro atoms. The molecule has 0 aliphatic heterocycles. The first-order valence-electron chi connectivity index (χ1n) is 1.34. The molecule has 0 N–H and O–H groups in total. The molecule has 1 heteroatoms. The maximum atomic E-state index is 2.00. The standard InChI is InChI=1S/C3H9N/c1-4(2)3/h1-3H3/i1+1,2+1,3+1,4+1. The minimum atomic E-state index is 2.00. The number of hydrogen-bond acceptors (Lipinski definition) is 1. The molecule has 0 amide bonds. The first kappa shape index (κ1) is 3.96. The van der Waals surface area contributed by atoms with Crippen molar-refractivity contribution in [3.05, 3.63) is 0 Å². The van der Waals surface area contributed by atoms with Gasteiger partial charge in [-0.15, -0.1) is 0 Å². The van der Waals surface area contributed by atoms with Gasteiger partial charge in [-0.25, -0.2) is 0 Å². The summed E-state index contributed by atoms with van der Waals surface area (Å²) in [6.45, 7) is 0. The van der Waals surface area contributed by atoms with Gasteiger partial charge in [-0.3, -0.25) is 0 Å². The Morgan fingerprint density at radius 1 is 1.00 bits per heavy atom. The molecule has 0 heterocycles. The highest BCUT2D eigenvalue weighted by Crippen LogP contribution is 1.47. The Morgan fingerprint density at radius 3 is 1.00 bits per heavy atom. The zero-order valence-electron chi connectivity index (χ0n) is 3.45. The largest absolute Gasteiger partial charge is 0.312 e. The fraction of sp³-hybridized carbons (Fsp3) is 1.00. The van der Waals surface area contributed by atoms with Crippen LogP contribution >= 0.6 is 0 Å². The highest BCUT2D eigenvalue weighted by molar-refractivity contribution is 4.09. The first-order valence-corrected chi connectivity index (χ1v) is 1.34. The normalized spacial score (nSPS) is 9.00. The average Bonchev–Trinajstić information content (AvgIpc) is 0.811. The van der Waals surface area contributed by atoms with Gasteiger partial charge in [0.05, 0.1) is 0 Å². The van der Waals surface area contributed by atoms with Crippen LogP contribution in [0.25, 0.3) is 0 Å². The van der Waals surface area contributed by atoms with Crippen LogP contribution < -0.4 is 0 Å². The van der Waals surface area contributed by atoms with Crippen molar-refractivity contribution in [3.63, 3.8) is 0 Å². The van der Waals surface area contributed by atoms with Gasteiger partial charge in [-0.1, -0.05) is 0 Å². The molecular weight excluding hydrogens is 54.0 g/mol. The van der Waals surface area contributed by atoms with Crippen molar-refractivity contribution in [3.8, 4) is 0 Å². The van der Waals surface area contributed by atoms with Gasteiger partial charge in [0.1, 0.15) is 0 Å². The average molecular weight is 63.1 g/mol. The molecule has 0 aromatic heterocycles. The highest BCUT2D eigenvalue weighted by atomic mass is 16.0. The lowest BCUT2D eigenvalue weighted by Gasteiger charge is -1.90. The molecule has 0 aromatic rings. The van der Waals surface area contributed by atoms with E-state index in [1.54, 1.807) is 0 Å². The summed E-state index contributed by atoms with van der Waals surface area (Å²) in [5.74, 6) is 0. The predicted octanol–water partition coefficient (Wildman–Crippen LogP) is 0.178. The molecule has 0 radical (unpaired) electrons. The monoisotopic (exact) mass is 63.1 g/mol. The molecule has 0 aliphatic carbocycles. The summed E-state index contributed by atoms with van der Waals surface area (Å²) in [7, 11) is 6.00. The first-order chi connectivity index (χ1) is 1.73. The number of rotatable bonds is 0. The van der Waals surface area contributed by atoms with Crippen molar-refractivity contribution in [2.24, 2.45) is 0 Å². The molecule has 0 rings (SSSR count). The van der Waals surface area contributed by atoms with Crippen LogP contribution in [0.5, 0.6) is 0 Å². The zero-order chi connectivity index (χ0) is 3.58. The molecule has 0 unspecified atom stereocenters. The Labute approximate surface area is 27.2 Å². The van der Waals surface area contributed by atoms with E-state index in [0.29, 0.717) is 0 Å². The van der Waals surface area contributed by atoms with Crippen LogP contribution in [0.4, 0.5) is 0 Å². The number of nitrogens with zero attached hydrogens (tertiary/aromatic N) is 1. The van der Waals surface area contributed by atoms with Gasteiger partial charge in [-0.05, 0) is 21.1 Å². The Balaban J connectivity index is 2.32. The van der Waals surface area contributed by atoms with Crippen LogP contribution in [0.1, 0.15) is 0 Å². The Bertz CT molecular complexity index is 8.00. The van der Waals surface area contributed by atoms with Crippen LogP contribution in [0.3, 0.4) is 0 Å². The molecule has 1 nitrogen and oxygen atoms in total. The van der Waals surface area contributed by atoms with E-state index >= 15 is 0 Å². The third-order valence-electron chi connectivity index (χ3n) is 0. The van der Waals surface area contributed by atoms with E-state index in [4.69, 9.17) is 0 Å². The maximum absolute atomic E-state index is 2.00. The summed E-state index contributed by atoms with van der Waals surface area (Å²) in [6.07, 6.45) is 0. The van der Waals surface area contributed by atoms with Crippen LogP contribution in [-0.2, 0) is 0 Å². The van der Waals surface area contributed by atoms with Gasteiger partial charge in [0, 0.05) is 0 Å². The van der Waals surface area contributed by atoms with E-state index in [9.17, 15) is 0 Å². The summed E-state index contributed by atoms with van der Waals surface area (Å²) in [5, 5.41) is 0. The second-order valence-electron chi connectivity index (χ2n) is 1.34. The van der Waals surface area contributed by atoms with Gasteiger partial charge in [0.2, 0.25) is 0 Å². The van der Waals surface area contributed by atoms with Crippen LogP contribution in [-0.4, -0.2) is 26.0 Å². The van der Waals surface area contributed by atoms with E-state index in [-0.39, 0.29) is 0 Å². The van der Waals surface area contributed by atoms with Crippen molar-refractivity contribution in [1.29, 1.82) is 0 Å². The predicted molar refractivity (Wildman–Crippen MR) is 19.6 cm³/mol. The fourth-order valence-electron chi connectivity index (χ4n) is 0. The maximum Gasteiger partial charge on any atom is -0.0140 e. The van der Waals surface area contributed by atoms with E-state index in [2.05, 4.69) is 0 Å². The number of hydrogen-bond donors (Lipinski definition) is 0. The Morgan fingerprint density at radius 2 is 1.00 bits per heavy atom. The quantitative estimate of drug-likeness (QED) is 0.286. The smallest absolute Gasteiger partial charge is 0.0140 e. The highest BCUT2D eigenvalue weighted by Gasteiger charge is 1.58. The van der Waals surface area contributed by atoms with E-state index in [1.807, 2.05) is 26.0 Å². The topological polar surface area (TPSA) is 3.24 Å². The van der Waals surface area contributed by atoms with Crippen molar-refractivity contribution in [2.75, 3.05) is 21.1 Å². The molecule has 0 saturated heterocycles. The second kappa shape index (κ2) is 1.30. The molecular formula is C3H9N. The Hall–Kier alpha value is -0.0400. The SMILES string of the molecule is [13CH3][15N]([13CH3])[13CH3]. The molecule has 0 saturated carbocycles. The van der Waals surface area contributed by atoms with Gasteiger partial charge in [0.25, 0.3) is 0 Å². The zero-order valence-corrected chi connectivity index (χ0v) is 3.45. The van der Waals surface area contributed by atoms with Crippen molar-refractivity contribution in [2.45, 2.75) is 0 Å². The summed E-state index contributed by atoms with van der Waals surface area (Å²) < 4.78 is 0. The lowest BCUT2D eigenvalue weighted by molar-refractivity contribution is 0.505. The lowest BCUT2D eigenvalue weighted by atomic mass is 12.0. The van der Waals surface area contributed by atoms with Gasteiger partial charge >= 0.3 is 0 Å². The minimum Gasteiger partial charge on any atom is -0.312 e. The van der Waals surface area contributed by atoms with Crippen molar-refractivity contribution in [1.82, 2.24) is 4.90 Å². The molecule has 0 aliphatic rings. The van der Waals surface area contributed by atoms with Gasteiger partial charge < -0.3 is 4.90 Å². The van der Waals surface area contributed by atoms with E-state index < -0.39 is 0 Å². The van der Waals surface area contributed by atoms with Gasteiger partial charge in [-0.2, -0.15) is 0 Å². The molecule has 0 fully saturated rings. The molecule has 4 heavy (non-hydrogen) atoms. The van der Waals surface area contributed by atoms with Crippen LogP contribution in [0.2, 0.25) is 0 Å². The summed E-state index contributed by atoms with van der Waals surface area (Å²) in [6, 6.07) is 0. The fourth-order valence-corrected chi connectivity index (χ4v) is 0. The second-order valence-corrected chi connectivity index (χ2v) is 1.34. The lowest BCUT2D eigenvalue weighted by Crippen LogP contribution is -1.99. The summed E-state index contributed by atoms with van der Waals surface area (Å²) in [5.41, 5.74) is 0. The third-order valence-corrected chi connectivity index (χ3v) is 0. The Kier molecular flexibility index (Phi) is 1.28. The van der Waals surface area contributed by atoms with Crippen molar-refractivity contribution >= 4 is 0 Å². The summed E-state index contributed by atoms with van der Waals surface area (Å²) >= 11 is 0.